The third-order valence-corrected chi connectivity index (χ3v) is 3.69. The van der Waals surface area contributed by atoms with Crippen LogP contribution in [0.3, 0.4) is 0 Å². The van der Waals surface area contributed by atoms with E-state index in [1.54, 1.807) is 6.07 Å². The van der Waals surface area contributed by atoms with E-state index in [1.807, 2.05) is 0 Å². The Hall–Kier alpha value is -1.36. The van der Waals surface area contributed by atoms with Gasteiger partial charge in [0, 0.05) is 17.7 Å². The Kier molecular flexibility index (Phi) is 4.75. The van der Waals surface area contributed by atoms with Gasteiger partial charge in [0.25, 0.3) is 0 Å². The number of rotatable bonds is 2. The van der Waals surface area contributed by atoms with Crippen LogP contribution in [0.25, 0.3) is 0 Å². The average molecular weight is 245 g/mol. The van der Waals surface area contributed by atoms with E-state index >= 15 is 0 Å². The molecular weight excluding hydrogens is 225 g/mol. The largest absolute Gasteiger partial charge is 0.227 e. The Balaban J connectivity index is 1.86. The van der Waals surface area contributed by atoms with Crippen LogP contribution in [0, 0.1) is 29.6 Å². The fourth-order valence-electron chi connectivity index (χ4n) is 2.64. The van der Waals surface area contributed by atoms with Crippen molar-refractivity contribution in [3.63, 3.8) is 0 Å². The van der Waals surface area contributed by atoms with Crippen LogP contribution in [0.1, 0.15) is 51.0 Å². The zero-order valence-corrected chi connectivity index (χ0v) is 11.0. The number of hydrogen-bond donors (Lipinski definition) is 0. The van der Waals surface area contributed by atoms with Crippen LogP contribution in [0.4, 0.5) is 4.39 Å². The van der Waals surface area contributed by atoms with Crippen molar-refractivity contribution in [3.8, 4) is 11.8 Å². The maximum absolute atomic E-state index is 12.6. The van der Waals surface area contributed by atoms with Crippen molar-refractivity contribution in [2.45, 2.75) is 45.4 Å². The molecule has 2 heteroatoms. The molecule has 1 aliphatic rings. The summed E-state index contributed by atoms with van der Waals surface area (Å²) in [5.41, 5.74) is 0.812. The van der Waals surface area contributed by atoms with Gasteiger partial charge in [-0.3, -0.25) is 0 Å². The van der Waals surface area contributed by atoms with Gasteiger partial charge in [-0.2, -0.15) is 4.39 Å². The zero-order valence-electron chi connectivity index (χ0n) is 11.0. The Morgan fingerprint density at radius 3 is 2.67 bits per heavy atom. The second kappa shape index (κ2) is 6.54. The Morgan fingerprint density at radius 1 is 1.28 bits per heavy atom. The summed E-state index contributed by atoms with van der Waals surface area (Å²) in [6.07, 6.45) is 9.22. The van der Waals surface area contributed by atoms with E-state index in [-0.39, 0.29) is 0 Å². The van der Waals surface area contributed by atoms with Gasteiger partial charge in [-0.1, -0.05) is 31.6 Å². The first kappa shape index (κ1) is 13.1. The summed E-state index contributed by atoms with van der Waals surface area (Å²) in [4.78, 5) is 3.61. The summed E-state index contributed by atoms with van der Waals surface area (Å²) in [5.74, 6) is 7.41. The molecule has 0 spiro atoms. The van der Waals surface area contributed by atoms with Gasteiger partial charge in [0.2, 0.25) is 5.95 Å². The molecule has 1 aromatic heterocycles. The van der Waals surface area contributed by atoms with E-state index in [2.05, 4.69) is 23.7 Å². The van der Waals surface area contributed by atoms with Crippen LogP contribution < -0.4 is 0 Å². The van der Waals surface area contributed by atoms with Gasteiger partial charge in [-0.25, -0.2) is 4.98 Å². The lowest BCUT2D eigenvalue weighted by Gasteiger charge is -2.25. The minimum atomic E-state index is -0.444. The van der Waals surface area contributed by atoms with E-state index in [0.29, 0.717) is 5.92 Å². The predicted octanol–water partition coefficient (Wildman–Crippen LogP) is 4.18. The molecule has 0 aliphatic heterocycles. The van der Waals surface area contributed by atoms with Crippen molar-refractivity contribution in [2.75, 3.05) is 0 Å². The predicted molar refractivity (Wildman–Crippen MR) is 71.4 cm³/mol. The fourth-order valence-corrected chi connectivity index (χ4v) is 2.64. The van der Waals surface area contributed by atoms with Gasteiger partial charge in [0.05, 0.1) is 0 Å². The molecule has 0 saturated heterocycles. The highest BCUT2D eigenvalue weighted by atomic mass is 19.1. The summed E-state index contributed by atoms with van der Waals surface area (Å²) >= 11 is 0. The van der Waals surface area contributed by atoms with E-state index in [4.69, 9.17) is 0 Å². The fraction of sp³-hybridized carbons (Fsp3) is 0.562. The maximum atomic E-state index is 12.6. The van der Waals surface area contributed by atoms with Crippen molar-refractivity contribution >= 4 is 0 Å². The molecule has 1 heterocycles. The van der Waals surface area contributed by atoms with Crippen LogP contribution in [0.5, 0.6) is 0 Å². The van der Waals surface area contributed by atoms with Crippen LogP contribution in [-0.2, 0) is 0 Å². The molecular formula is C16H20FN. The lowest BCUT2D eigenvalue weighted by Crippen LogP contribution is -2.13. The Bertz CT molecular complexity index is 419. The highest BCUT2D eigenvalue weighted by molar-refractivity contribution is 5.31. The normalized spacial score (nSPS) is 23.2. The lowest BCUT2D eigenvalue weighted by molar-refractivity contribution is 0.300. The van der Waals surface area contributed by atoms with E-state index in [0.717, 1.165) is 11.5 Å². The van der Waals surface area contributed by atoms with Crippen molar-refractivity contribution < 1.29 is 4.39 Å². The third kappa shape index (κ3) is 3.84. The number of pyridine rings is 1. The number of nitrogens with zero attached hydrogens (tertiary/aromatic N) is 1. The molecule has 1 aliphatic carbocycles. The molecule has 0 bridgehead atoms. The van der Waals surface area contributed by atoms with E-state index in [9.17, 15) is 4.39 Å². The molecule has 96 valence electrons. The first-order chi connectivity index (χ1) is 8.78. The summed E-state index contributed by atoms with van der Waals surface area (Å²) in [6, 6.07) is 3.06. The minimum Gasteiger partial charge on any atom is -0.227 e. The van der Waals surface area contributed by atoms with Gasteiger partial charge < -0.3 is 0 Å². The first-order valence-corrected chi connectivity index (χ1v) is 6.91. The quantitative estimate of drug-likeness (QED) is 0.562. The molecule has 1 aromatic rings. The lowest BCUT2D eigenvalue weighted by atomic mass is 9.80. The molecule has 0 aromatic carbocycles. The van der Waals surface area contributed by atoms with Crippen LogP contribution in [0.2, 0.25) is 0 Å². The molecule has 0 unspecified atom stereocenters. The van der Waals surface area contributed by atoms with Crippen molar-refractivity contribution in [2.24, 2.45) is 11.8 Å². The molecule has 1 nitrogen and oxygen atoms in total. The molecule has 0 radical (unpaired) electrons. The molecule has 0 amide bonds. The van der Waals surface area contributed by atoms with E-state index in [1.165, 1.54) is 50.8 Å². The SMILES string of the molecule is CCC[C@H]1CC[C@H](C#Cc2ccc(F)nc2)CC1. The Labute approximate surface area is 109 Å². The zero-order chi connectivity index (χ0) is 12.8. The van der Waals surface area contributed by atoms with Crippen LogP contribution in [0.15, 0.2) is 18.3 Å². The van der Waals surface area contributed by atoms with Gasteiger partial charge >= 0.3 is 0 Å². The topological polar surface area (TPSA) is 12.9 Å². The molecule has 18 heavy (non-hydrogen) atoms. The second-order valence-electron chi connectivity index (χ2n) is 5.15. The minimum absolute atomic E-state index is 0.444. The van der Waals surface area contributed by atoms with Gasteiger partial charge in [0.15, 0.2) is 0 Å². The molecule has 1 saturated carbocycles. The number of aromatic nitrogens is 1. The smallest absolute Gasteiger partial charge is 0.212 e. The summed E-state index contributed by atoms with van der Waals surface area (Å²) in [6.45, 7) is 2.26. The summed E-state index contributed by atoms with van der Waals surface area (Å²) in [5, 5.41) is 0. The first-order valence-electron chi connectivity index (χ1n) is 6.91. The van der Waals surface area contributed by atoms with Crippen LogP contribution in [-0.4, -0.2) is 4.98 Å². The monoisotopic (exact) mass is 245 g/mol. The molecule has 2 rings (SSSR count). The molecule has 0 N–H and O–H groups in total. The van der Waals surface area contributed by atoms with Crippen LogP contribution >= 0.6 is 0 Å². The van der Waals surface area contributed by atoms with Gasteiger partial charge in [0.1, 0.15) is 0 Å². The van der Waals surface area contributed by atoms with Crippen molar-refractivity contribution in [3.05, 3.63) is 29.8 Å². The maximum Gasteiger partial charge on any atom is 0.212 e. The van der Waals surface area contributed by atoms with Crippen molar-refractivity contribution in [1.82, 2.24) is 4.98 Å². The Morgan fingerprint density at radius 2 is 2.06 bits per heavy atom. The summed E-state index contributed by atoms with van der Waals surface area (Å²) in [7, 11) is 0. The molecule has 1 fully saturated rings. The standard InChI is InChI=1S/C16H20FN/c1-2-3-13-4-6-14(7-5-13)8-9-15-10-11-16(17)18-12-15/h10-14H,2-7H2,1H3/t13-,14-. The average Bonchev–Trinajstić information content (AvgIpc) is 2.40. The number of hydrogen-bond acceptors (Lipinski definition) is 1. The van der Waals surface area contributed by atoms with Gasteiger partial charge in [-0.05, 0) is 43.7 Å². The second-order valence-corrected chi connectivity index (χ2v) is 5.15. The highest BCUT2D eigenvalue weighted by Crippen LogP contribution is 2.31. The van der Waals surface area contributed by atoms with E-state index < -0.39 is 5.95 Å². The van der Waals surface area contributed by atoms with Crippen molar-refractivity contribution in [1.29, 1.82) is 0 Å². The third-order valence-electron chi connectivity index (χ3n) is 3.69. The van der Waals surface area contributed by atoms with Gasteiger partial charge in [-0.15, -0.1) is 0 Å². The summed E-state index contributed by atoms with van der Waals surface area (Å²) < 4.78 is 12.6. The highest BCUT2D eigenvalue weighted by Gasteiger charge is 2.18. The molecule has 0 atom stereocenters. The number of halogens is 1.